The van der Waals surface area contributed by atoms with E-state index in [4.69, 9.17) is 0 Å². The Bertz CT molecular complexity index is 102. The maximum absolute atomic E-state index is 2.29. The van der Waals surface area contributed by atoms with E-state index in [0.717, 1.165) is 0 Å². The van der Waals surface area contributed by atoms with Crippen molar-refractivity contribution < 1.29 is 0 Å². The van der Waals surface area contributed by atoms with Gasteiger partial charge in [-0.2, -0.15) is 0 Å². The van der Waals surface area contributed by atoms with Crippen molar-refractivity contribution in [3.05, 3.63) is 11.5 Å². The minimum Gasteiger partial charge on any atom is -0.127 e. The molecule has 0 spiro atoms. The van der Waals surface area contributed by atoms with Crippen molar-refractivity contribution in [3.8, 4) is 0 Å². The van der Waals surface area contributed by atoms with Gasteiger partial charge in [-0.25, -0.2) is 0 Å². The smallest absolute Gasteiger partial charge is 0.0230 e. The highest BCUT2D eigenvalue weighted by molar-refractivity contribution is 8.03. The largest absolute Gasteiger partial charge is 0.127 e. The average Bonchev–Trinajstić information content (AvgIpc) is 2.36. The van der Waals surface area contributed by atoms with Crippen LogP contribution < -0.4 is 0 Å². The first-order chi connectivity index (χ1) is 4.33. The summed E-state index contributed by atoms with van der Waals surface area (Å²) in [5, 5.41) is 2.24. The van der Waals surface area contributed by atoms with Crippen molar-refractivity contribution in [1.29, 1.82) is 0 Å². The molecule has 1 aliphatic rings. The van der Waals surface area contributed by atoms with E-state index in [9.17, 15) is 0 Å². The standard InChI is InChI=1S/C8H14S/c1-3-8(4-2)6-5-7-9-8/h5,7H,3-4,6H2,1-2H3. The van der Waals surface area contributed by atoms with Gasteiger partial charge >= 0.3 is 0 Å². The van der Waals surface area contributed by atoms with Gasteiger partial charge in [-0.3, -0.25) is 0 Å². The zero-order valence-corrected chi connectivity index (χ0v) is 7.00. The van der Waals surface area contributed by atoms with Crippen LogP contribution in [0, 0.1) is 0 Å². The first kappa shape index (κ1) is 7.20. The molecule has 1 aliphatic heterocycles. The van der Waals surface area contributed by atoms with Crippen molar-refractivity contribution in [2.24, 2.45) is 0 Å². The summed E-state index contributed by atoms with van der Waals surface area (Å²) in [4.78, 5) is 0. The fourth-order valence-corrected chi connectivity index (χ4v) is 2.22. The summed E-state index contributed by atoms with van der Waals surface area (Å²) >= 11 is 2.01. The maximum atomic E-state index is 2.29. The summed E-state index contributed by atoms with van der Waals surface area (Å²) < 4.78 is 0.583. The molecular weight excluding hydrogens is 128 g/mol. The van der Waals surface area contributed by atoms with Gasteiger partial charge in [0.1, 0.15) is 0 Å². The Labute approximate surface area is 61.7 Å². The van der Waals surface area contributed by atoms with E-state index in [-0.39, 0.29) is 0 Å². The average molecular weight is 142 g/mol. The zero-order valence-electron chi connectivity index (χ0n) is 6.18. The summed E-state index contributed by atoms with van der Waals surface area (Å²) in [6.07, 6.45) is 6.19. The first-order valence-electron chi connectivity index (χ1n) is 3.66. The molecule has 0 amide bonds. The molecule has 0 bridgehead atoms. The van der Waals surface area contributed by atoms with Crippen LogP contribution >= 0.6 is 11.8 Å². The van der Waals surface area contributed by atoms with Crippen molar-refractivity contribution >= 4 is 11.8 Å². The first-order valence-corrected chi connectivity index (χ1v) is 4.54. The lowest BCUT2D eigenvalue weighted by Crippen LogP contribution is -2.17. The van der Waals surface area contributed by atoms with Crippen LogP contribution in [0.1, 0.15) is 33.1 Å². The van der Waals surface area contributed by atoms with Gasteiger partial charge in [0.2, 0.25) is 0 Å². The molecule has 52 valence electrons. The molecule has 0 fully saturated rings. The molecule has 1 heteroatoms. The van der Waals surface area contributed by atoms with E-state index >= 15 is 0 Å². The molecule has 1 heterocycles. The van der Waals surface area contributed by atoms with Crippen LogP contribution in [0.4, 0.5) is 0 Å². The molecule has 1 rings (SSSR count). The molecular formula is C8H14S. The van der Waals surface area contributed by atoms with Crippen LogP contribution in [0.3, 0.4) is 0 Å². The van der Waals surface area contributed by atoms with E-state index in [1.54, 1.807) is 0 Å². The topological polar surface area (TPSA) is 0 Å². The summed E-state index contributed by atoms with van der Waals surface area (Å²) in [5.41, 5.74) is 0. The zero-order chi connectivity index (χ0) is 6.74. The fourth-order valence-electron chi connectivity index (χ4n) is 1.21. The van der Waals surface area contributed by atoms with Crippen molar-refractivity contribution in [2.45, 2.75) is 37.9 Å². The van der Waals surface area contributed by atoms with E-state index in [1.165, 1.54) is 19.3 Å². The molecule has 0 aliphatic carbocycles. The van der Waals surface area contributed by atoms with Crippen molar-refractivity contribution in [1.82, 2.24) is 0 Å². The number of hydrogen-bond donors (Lipinski definition) is 0. The quantitative estimate of drug-likeness (QED) is 0.570. The molecule has 9 heavy (non-hydrogen) atoms. The van der Waals surface area contributed by atoms with E-state index < -0.39 is 0 Å². The van der Waals surface area contributed by atoms with Crippen LogP contribution in [0.2, 0.25) is 0 Å². The summed E-state index contributed by atoms with van der Waals surface area (Å²) in [6.45, 7) is 4.56. The lowest BCUT2D eigenvalue weighted by Gasteiger charge is -2.23. The second-order valence-corrected chi connectivity index (χ2v) is 3.96. The minimum atomic E-state index is 0.583. The van der Waals surface area contributed by atoms with Crippen LogP contribution in [0.25, 0.3) is 0 Å². The predicted octanol–water partition coefficient (Wildman–Crippen LogP) is 3.20. The Morgan fingerprint density at radius 2 is 2.11 bits per heavy atom. The summed E-state index contributed by atoms with van der Waals surface area (Å²) in [5.74, 6) is 0. The Balaban J connectivity index is 2.50. The van der Waals surface area contributed by atoms with Gasteiger partial charge in [-0.15, -0.1) is 11.8 Å². The minimum absolute atomic E-state index is 0.583. The highest BCUT2D eigenvalue weighted by atomic mass is 32.2. The number of hydrogen-bond acceptors (Lipinski definition) is 1. The van der Waals surface area contributed by atoms with Gasteiger partial charge in [0.25, 0.3) is 0 Å². The van der Waals surface area contributed by atoms with Gasteiger partial charge in [0.15, 0.2) is 0 Å². The molecule has 0 aromatic carbocycles. The molecule has 0 nitrogen and oxygen atoms in total. The van der Waals surface area contributed by atoms with E-state index in [0.29, 0.717) is 4.75 Å². The summed E-state index contributed by atoms with van der Waals surface area (Å²) in [7, 11) is 0. The Morgan fingerprint density at radius 1 is 1.44 bits per heavy atom. The van der Waals surface area contributed by atoms with Crippen LogP contribution in [-0.4, -0.2) is 4.75 Å². The molecule has 0 saturated carbocycles. The molecule has 0 unspecified atom stereocenters. The van der Waals surface area contributed by atoms with E-state index in [1.807, 2.05) is 11.8 Å². The fraction of sp³-hybridized carbons (Fsp3) is 0.750. The second-order valence-electron chi connectivity index (χ2n) is 2.58. The van der Waals surface area contributed by atoms with Gasteiger partial charge in [0.05, 0.1) is 0 Å². The molecule has 0 atom stereocenters. The highest BCUT2D eigenvalue weighted by Crippen LogP contribution is 2.41. The number of thioether (sulfide) groups is 1. The predicted molar refractivity (Wildman–Crippen MR) is 44.7 cm³/mol. The number of rotatable bonds is 2. The lowest BCUT2D eigenvalue weighted by molar-refractivity contribution is 0.563. The van der Waals surface area contributed by atoms with Gasteiger partial charge in [-0.05, 0) is 24.7 Å². The molecule has 0 N–H and O–H groups in total. The summed E-state index contributed by atoms with van der Waals surface area (Å²) in [6, 6.07) is 0. The van der Waals surface area contributed by atoms with Crippen molar-refractivity contribution in [3.63, 3.8) is 0 Å². The van der Waals surface area contributed by atoms with Crippen molar-refractivity contribution in [2.75, 3.05) is 0 Å². The Hall–Kier alpha value is 0.0900. The third-order valence-electron chi connectivity index (χ3n) is 2.19. The Kier molecular flexibility index (Phi) is 2.23. The van der Waals surface area contributed by atoms with Gasteiger partial charge < -0.3 is 0 Å². The van der Waals surface area contributed by atoms with Crippen LogP contribution in [-0.2, 0) is 0 Å². The highest BCUT2D eigenvalue weighted by Gasteiger charge is 2.26. The third-order valence-corrected chi connectivity index (χ3v) is 3.77. The van der Waals surface area contributed by atoms with Crippen LogP contribution in [0.5, 0.6) is 0 Å². The SMILES string of the molecule is CCC1(CC)CC=CS1. The van der Waals surface area contributed by atoms with Gasteiger partial charge in [0, 0.05) is 4.75 Å². The molecule has 0 aromatic heterocycles. The Morgan fingerprint density at radius 3 is 2.33 bits per heavy atom. The molecule has 0 radical (unpaired) electrons. The number of allylic oxidation sites excluding steroid dienone is 1. The van der Waals surface area contributed by atoms with Crippen LogP contribution in [0.15, 0.2) is 11.5 Å². The second kappa shape index (κ2) is 2.78. The lowest BCUT2D eigenvalue weighted by atomic mass is 9.99. The molecule has 0 aromatic rings. The van der Waals surface area contributed by atoms with Gasteiger partial charge in [-0.1, -0.05) is 19.9 Å². The normalized spacial score (nSPS) is 22.9. The monoisotopic (exact) mass is 142 g/mol. The van der Waals surface area contributed by atoms with E-state index in [2.05, 4.69) is 25.3 Å². The molecule has 0 saturated heterocycles. The third kappa shape index (κ3) is 1.32. The maximum Gasteiger partial charge on any atom is 0.0230 e.